The van der Waals surface area contributed by atoms with Gasteiger partial charge in [0.15, 0.2) is 0 Å². The molecule has 1 amide bonds. The average molecular weight is 429 g/mol. The lowest BCUT2D eigenvalue weighted by Gasteiger charge is -2.25. The van der Waals surface area contributed by atoms with Crippen LogP contribution in [0.3, 0.4) is 0 Å². The molecule has 0 saturated carbocycles. The monoisotopic (exact) mass is 429 g/mol. The molecule has 5 heteroatoms. The van der Waals surface area contributed by atoms with Gasteiger partial charge < -0.3 is 5.11 Å². The highest BCUT2D eigenvalue weighted by Crippen LogP contribution is 2.42. The number of hydrogen-bond donors (Lipinski definition) is 1. The minimum atomic E-state index is -0.867. The number of aliphatic hydroxyl groups excluding tert-OH is 1. The number of hydrogen-bond acceptors (Lipinski definition) is 3. The van der Waals surface area contributed by atoms with E-state index in [1.807, 2.05) is 38.1 Å². The zero-order valence-corrected chi connectivity index (χ0v) is 18.0. The first-order valence-electron chi connectivity index (χ1n) is 10.7. The lowest BCUT2D eigenvalue weighted by molar-refractivity contribution is -0.132. The standard InChI is InChI=1S/C27H24FNO3/c1-3-17-5-9-20(10-6-17)25(30)23-24(19-11-13-21(28)14-12-19)29(27(32)26(23)31)22-15-7-18(4-2)8-16-22/h5-16,24,30H,3-4H2,1-2H3/b25-23+. The van der Waals surface area contributed by atoms with Gasteiger partial charge in [0.25, 0.3) is 11.7 Å². The molecule has 1 fully saturated rings. The molecule has 0 aliphatic carbocycles. The van der Waals surface area contributed by atoms with E-state index in [9.17, 15) is 19.1 Å². The van der Waals surface area contributed by atoms with Crippen LogP contribution in [0.25, 0.3) is 5.76 Å². The third-order valence-corrected chi connectivity index (χ3v) is 5.89. The second-order valence-electron chi connectivity index (χ2n) is 7.79. The molecule has 1 saturated heterocycles. The molecular formula is C27H24FNO3. The fourth-order valence-electron chi connectivity index (χ4n) is 4.01. The Morgan fingerprint density at radius 2 is 1.38 bits per heavy atom. The van der Waals surface area contributed by atoms with Gasteiger partial charge in [-0.3, -0.25) is 14.5 Å². The molecule has 1 N–H and O–H groups in total. The summed E-state index contributed by atoms with van der Waals surface area (Å²) in [7, 11) is 0. The number of carbonyl (C=O) groups is 2. The van der Waals surface area contributed by atoms with E-state index in [2.05, 4.69) is 0 Å². The van der Waals surface area contributed by atoms with E-state index in [0.29, 0.717) is 16.8 Å². The summed E-state index contributed by atoms with van der Waals surface area (Å²) in [6.07, 6.45) is 1.68. The third-order valence-electron chi connectivity index (χ3n) is 5.89. The third kappa shape index (κ3) is 3.82. The van der Waals surface area contributed by atoms with Crippen molar-refractivity contribution in [3.05, 3.63) is 106 Å². The SMILES string of the molecule is CCc1ccc(/C(O)=C2\C(=O)C(=O)N(c3ccc(CC)cc3)C2c2ccc(F)cc2)cc1. The molecule has 3 aromatic rings. The normalized spacial score (nSPS) is 17.7. The predicted octanol–water partition coefficient (Wildman–Crippen LogP) is 5.58. The molecule has 162 valence electrons. The molecule has 0 bridgehead atoms. The molecule has 1 unspecified atom stereocenters. The largest absolute Gasteiger partial charge is 0.507 e. The Bertz CT molecular complexity index is 1180. The Balaban J connectivity index is 1.89. The van der Waals surface area contributed by atoms with Gasteiger partial charge in [0, 0.05) is 11.3 Å². The van der Waals surface area contributed by atoms with Crippen LogP contribution >= 0.6 is 0 Å². The number of aliphatic hydroxyl groups is 1. The van der Waals surface area contributed by atoms with Crippen LogP contribution in [0.2, 0.25) is 0 Å². The second kappa shape index (κ2) is 8.79. The number of nitrogens with zero attached hydrogens (tertiary/aromatic N) is 1. The van der Waals surface area contributed by atoms with Crippen LogP contribution < -0.4 is 4.90 Å². The fraction of sp³-hybridized carbons (Fsp3) is 0.185. The van der Waals surface area contributed by atoms with Gasteiger partial charge in [0.05, 0.1) is 11.6 Å². The van der Waals surface area contributed by atoms with Crippen molar-refractivity contribution in [2.45, 2.75) is 32.7 Å². The highest BCUT2D eigenvalue weighted by molar-refractivity contribution is 6.51. The Morgan fingerprint density at radius 1 is 0.844 bits per heavy atom. The summed E-state index contributed by atoms with van der Waals surface area (Å²) in [5.41, 5.74) is 3.71. The second-order valence-corrected chi connectivity index (χ2v) is 7.79. The zero-order valence-electron chi connectivity index (χ0n) is 18.0. The maximum atomic E-state index is 13.6. The average Bonchev–Trinajstić information content (AvgIpc) is 3.09. The Kier molecular flexibility index (Phi) is 5.91. The molecule has 1 aliphatic rings. The number of ketones is 1. The van der Waals surface area contributed by atoms with Gasteiger partial charge in [-0.05, 0) is 53.8 Å². The number of benzene rings is 3. The van der Waals surface area contributed by atoms with Crippen LogP contribution in [0.15, 0.2) is 78.4 Å². The van der Waals surface area contributed by atoms with Crippen LogP contribution in [0, 0.1) is 5.82 Å². The number of rotatable bonds is 5. The molecule has 1 heterocycles. The topological polar surface area (TPSA) is 57.6 Å². The molecular weight excluding hydrogens is 405 g/mol. The molecule has 1 atom stereocenters. The first kappa shape index (κ1) is 21.5. The molecule has 4 rings (SSSR count). The maximum absolute atomic E-state index is 13.6. The summed E-state index contributed by atoms with van der Waals surface area (Å²) in [6.45, 7) is 4.06. The number of halogens is 1. The van der Waals surface area contributed by atoms with Crippen LogP contribution in [0.5, 0.6) is 0 Å². The summed E-state index contributed by atoms with van der Waals surface area (Å²) in [5, 5.41) is 11.1. The van der Waals surface area contributed by atoms with Crippen LogP contribution in [-0.4, -0.2) is 16.8 Å². The van der Waals surface area contributed by atoms with Crippen molar-refractivity contribution in [1.82, 2.24) is 0 Å². The molecule has 3 aromatic carbocycles. The van der Waals surface area contributed by atoms with E-state index in [1.54, 1.807) is 24.3 Å². The lowest BCUT2D eigenvalue weighted by atomic mass is 9.94. The summed E-state index contributed by atoms with van der Waals surface area (Å²) in [4.78, 5) is 27.6. The summed E-state index contributed by atoms with van der Waals surface area (Å²) in [5.74, 6) is -2.16. The highest BCUT2D eigenvalue weighted by Gasteiger charge is 2.46. The smallest absolute Gasteiger partial charge is 0.300 e. The Hall–Kier alpha value is -3.73. The zero-order chi connectivity index (χ0) is 22.8. The van der Waals surface area contributed by atoms with E-state index in [0.717, 1.165) is 24.0 Å². The number of Topliss-reactive ketones (excluding diaryl/α,β-unsaturated/α-hetero) is 1. The Morgan fingerprint density at radius 3 is 1.91 bits per heavy atom. The number of amides is 1. The Labute approximate surface area is 186 Å². The van der Waals surface area contributed by atoms with Crippen LogP contribution in [-0.2, 0) is 22.4 Å². The van der Waals surface area contributed by atoms with Crippen LogP contribution in [0.4, 0.5) is 10.1 Å². The summed E-state index contributed by atoms with van der Waals surface area (Å²) in [6, 6.07) is 19.4. The first-order chi connectivity index (χ1) is 15.4. The number of anilines is 1. The lowest BCUT2D eigenvalue weighted by Crippen LogP contribution is -2.29. The predicted molar refractivity (Wildman–Crippen MR) is 123 cm³/mol. The number of carbonyl (C=O) groups excluding carboxylic acids is 2. The van der Waals surface area contributed by atoms with Crippen molar-refractivity contribution in [2.75, 3.05) is 4.90 Å². The van der Waals surface area contributed by atoms with E-state index in [1.165, 1.54) is 29.2 Å². The fourth-order valence-corrected chi connectivity index (χ4v) is 4.01. The van der Waals surface area contributed by atoms with Gasteiger partial charge in [-0.25, -0.2) is 4.39 Å². The molecule has 0 aromatic heterocycles. The molecule has 1 aliphatic heterocycles. The molecule has 0 spiro atoms. The van der Waals surface area contributed by atoms with E-state index in [4.69, 9.17) is 0 Å². The first-order valence-corrected chi connectivity index (χ1v) is 10.7. The van der Waals surface area contributed by atoms with Crippen molar-refractivity contribution >= 4 is 23.1 Å². The molecule has 0 radical (unpaired) electrons. The van der Waals surface area contributed by atoms with Crippen molar-refractivity contribution in [2.24, 2.45) is 0 Å². The van der Waals surface area contributed by atoms with Crippen molar-refractivity contribution in [3.63, 3.8) is 0 Å². The van der Waals surface area contributed by atoms with Gasteiger partial charge >= 0.3 is 0 Å². The van der Waals surface area contributed by atoms with E-state index in [-0.39, 0.29) is 11.3 Å². The van der Waals surface area contributed by atoms with Crippen molar-refractivity contribution in [3.8, 4) is 0 Å². The van der Waals surface area contributed by atoms with Gasteiger partial charge in [-0.1, -0.05) is 62.4 Å². The van der Waals surface area contributed by atoms with Gasteiger partial charge in [-0.15, -0.1) is 0 Å². The molecule has 32 heavy (non-hydrogen) atoms. The van der Waals surface area contributed by atoms with E-state index >= 15 is 0 Å². The minimum absolute atomic E-state index is 0.00887. The number of aryl methyl sites for hydroxylation is 2. The highest BCUT2D eigenvalue weighted by atomic mass is 19.1. The maximum Gasteiger partial charge on any atom is 0.300 e. The van der Waals surface area contributed by atoms with Gasteiger partial charge in [0.1, 0.15) is 11.6 Å². The summed E-state index contributed by atoms with van der Waals surface area (Å²) >= 11 is 0. The minimum Gasteiger partial charge on any atom is -0.507 e. The summed E-state index contributed by atoms with van der Waals surface area (Å²) < 4.78 is 13.6. The van der Waals surface area contributed by atoms with Gasteiger partial charge in [-0.2, -0.15) is 0 Å². The van der Waals surface area contributed by atoms with Gasteiger partial charge in [0.2, 0.25) is 0 Å². The van der Waals surface area contributed by atoms with Crippen LogP contribution in [0.1, 0.15) is 42.1 Å². The van der Waals surface area contributed by atoms with E-state index < -0.39 is 23.5 Å². The molecule has 4 nitrogen and oxygen atoms in total. The van der Waals surface area contributed by atoms with Crippen molar-refractivity contribution in [1.29, 1.82) is 0 Å². The quantitative estimate of drug-likeness (QED) is 0.327. The van der Waals surface area contributed by atoms with Crippen molar-refractivity contribution < 1.29 is 19.1 Å².